The van der Waals surface area contributed by atoms with Gasteiger partial charge in [0.15, 0.2) is 0 Å². The van der Waals surface area contributed by atoms with E-state index in [4.69, 9.17) is 11.6 Å². The number of aliphatic hydroxyl groups excluding tert-OH is 1. The van der Waals surface area contributed by atoms with E-state index >= 15 is 0 Å². The molecule has 0 radical (unpaired) electrons. The minimum Gasteiger partial charge on any atom is -0.394 e. The molecule has 23 heavy (non-hydrogen) atoms. The molecule has 5 nitrogen and oxygen atoms in total. The minimum absolute atomic E-state index is 0.00275. The van der Waals surface area contributed by atoms with Crippen molar-refractivity contribution in [1.82, 2.24) is 15.5 Å². The number of halogens is 2. The number of urea groups is 1. The molecule has 0 aliphatic carbocycles. The maximum absolute atomic E-state index is 13.5. The molecule has 2 unspecified atom stereocenters. The zero-order chi connectivity index (χ0) is 17.4. The summed E-state index contributed by atoms with van der Waals surface area (Å²) in [5.74, 6) is -0.583. The van der Waals surface area contributed by atoms with Gasteiger partial charge in [0.1, 0.15) is 5.82 Å². The normalized spacial score (nSPS) is 13.7. The second-order valence-electron chi connectivity index (χ2n) is 5.55. The third kappa shape index (κ3) is 6.33. The lowest BCUT2D eigenvalue weighted by molar-refractivity contribution is 0.212. The largest absolute Gasteiger partial charge is 0.394 e. The smallest absolute Gasteiger partial charge is 0.315 e. The van der Waals surface area contributed by atoms with Gasteiger partial charge in [-0.05, 0) is 38.1 Å². The Bertz CT molecular complexity index is 516. The Balaban J connectivity index is 2.49. The van der Waals surface area contributed by atoms with Crippen molar-refractivity contribution in [2.24, 2.45) is 0 Å². The molecule has 0 fully saturated rings. The fourth-order valence-electron chi connectivity index (χ4n) is 2.05. The predicted octanol–water partition coefficient (Wildman–Crippen LogP) is 2.54. The van der Waals surface area contributed by atoms with E-state index in [1.807, 2.05) is 7.05 Å². The van der Waals surface area contributed by atoms with Crippen LogP contribution in [0.25, 0.3) is 0 Å². The molecule has 0 bridgehead atoms. The van der Waals surface area contributed by atoms with Gasteiger partial charge in [-0.15, -0.1) is 0 Å². The van der Waals surface area contributed by atoms with Crippen LogP contribution in [-0.2, 0) is 0 Å². The van der Waals surface area contributed by atoms with Gasteiger partial charge >= 0.3 is 6.03 Å². The van der Waals surface area contributed by atoms with E-state index in [2.05, 4.69) is 29.4 Å². The molecule has 3 N–H and O–H groups in total. The SMILES string of the molecule is CCC(C)N(C)CCNC(=O)NC(CO)c1ccc(Cl)c(F)c1. The molecule has 7 heteroatoms. The Morgan fingerprint density at radius 3 is 2.74 bits per heavy atom. The summed E-state index contributed by atoms with van der Waals surface area (Å²) in [6, 6.07) is 3.53. The number of amides is 2. The van der Waals surface area contributed by atoms with Crippen LogP contribution in [-0.4, -0.2) is 48.8 Å². The van der Waals surface area contributed by atoms with E-state index in [0.29, 0.717) is 18.2 Å². The summed E-state index contributed by atoms with van der Waals surface area (Å²) in [6.45, 7) is 5.11. The highest BCUT2D eigenvalue weighted by atomic mass is 35.5. The molecular weight excluding hydrogens is 321 g/mol. The first-order valence-corrected chi connectivity index (χ1v) is 8.07. The van der Waals surface area contributed by atoms with Crippen LogP contribution in [0.4, 0.5) is 9.18 Å². The molecule has 2 amide bonds. The Morgan fingerprint density at radius 2 is 2.17 bits per heavy atom. The molecule has 0 saturated carbocycles. The van der Waals surface area contributed by atoms with Gasteiger partial charge in [-0.2, -0.15) is 0 Å². The fraction of sp³-hybridized carbons (Fsp3) is 0.562. The third-order valence-electron chi connectivity index (χ3n) is 3.93. The van der Waals surface area contributed by atoms with Crippen molar-refractivity contribution >= 4 is 17.6 Å². The molecule has 1 rings (SSSR count). The lowest BCUT2D eigenvalue weighted by Crippen LogP contribution is -2.43. The second kappa shape index (κ2) is 9.70. The van der Waals surface area contributed by atoms with Crippen molar-refractivity contribution < 1.29 is 14.3 Å². The number of carbonyl (C=O) groups is 1. The number of hydrogen-bond acceptors (Lipinski definition) is 3. The molecule has 0 aromatic heterocycles. The highest BCUT2D eigenvalue weighted by Gasteiger charge is 2.15. The summed E-state index contributed by atoms with van der Waals surface area (Å²) in [7, 11) is 2.00. The fourth-order valence-corrected chi connectivity index (χ4v) is 2.17. The Labute approximate surface area is 141 Å². The van der Waals surface area contributed by atoms with Crippen LogP contribution in [0.2, 0.25) is 5.02 Å². The molecular formula is C16H25ClFN3O2. The van der Waals surface area contributed by atoms with Crippen LogP contribution in [0.1, 0.15) is 31.9 Å². The van der Waals surface area contributed by atoms with Crippen LogP contribution >= 0.6 is 11.6 Å². The van der Waals surface area contributed by atoms with Gasteiger partial charge in [-0.25, -0.2) is 9.18 Å². The maximum atomic E-state index is 13.5. The highest BCUT2D eigenvalue weighted by molar-refractivity contribution is 6.30. The standard InChI is InChI=1S/C16H25ClFN3O2/c1-4-11(2)21(3)8-7-19-16(23)20-15(10-22)12-5-6-13(17)14(18)9-12/h5-6,9,11,15,22H,4,7-8,10H2,1-3H3,(H2,19,20,23). The molecule has 0 aliphatic rings. The first-order chi connectivity index (χ1) is 10.9. The first kappa shape index (κ1) is 19.7. The van der Waals surface area contributed by atoms with Crippen molar-refractivity contribution in [3.8, 4) is 0 Å². The van der Waals surface area contributed by atoms with Gasteiger partial charge in [0.2, 0.25) is 0 Å². The molecule has 1 aromatic rings. The van der Waals surface area contributed by atoms with Gasteiger partial charge in [0.25, 0.3) is 0 Å². The topological polar surface area (TPSA) is 64.6 Å². The van der Waals surface area contributed by atoms with Crippen molar-refractivity contribution in [3.05, 3.63) is 34.6 Å². The third-order valence-corrected chi connectivity index (χ3v) is 4.23. The van der Waals surface area contributed by atoms with Crippen LogP contribution in [0.15, 0.2) is 18.2 Å². The zero-order valence-corrected chi connectivity index (χ0v) is 14.5. The number of nitrogens with zero attached hydrogens (tertiary/aromatic N) is 1. The van der Waals surface area contributed by atoms with Crippen molar-refractivity contribution in [2.45, 2.75) is 32.4 Å². The van der Waals surface area contributed by atoms with E-state index in [1.54, 1.807) is 6.07 Å². The number of rotatable bonds is 8. The number of nitrogens with one attached hydrogen (secondary N) is 2. The minimum atomic E-state index is -0.686. The number of benzene rings is 1. The lowest BCUT2D eigenvalue weighted by atomic mass is 10.1. The number of likely N-dealkylation sites (N-methyl/N-ethyl adjacent to an activating group) is 1. The average Bonchev–Trinajstić information content (AvgIpc) is 2.54. The molecule has 0 saturated heterocycles. The average molecular weight is 346 g/mol. The zero-order valence-electron chi connectivity index (χ0n) is 13.8. The van der Waals surface area contributed by atoms with Gasteiger partial charge < -0.3 is 20.6 Å². The molecule has 0 aliphatic heterocycles. The Hall–Kier alpha value is -1.37. The van der Waals surface area contributed by atoms with Gasteiger partial charge in [0.05, 0.1) is 17.7 Å². The van der Waals surface area contributed by atoms with Gasteiger partial charge in [-0.3, -0.25) is 0 Å². The molecule has 0 heterocycles. The Morgan fingerprint density at radius 1 is 1.48 bits per heavy atom. The highest BCUT2D eigenvalue weighted by Crippen LogP contribution is 2.20. The van der Waals surface area contributed by atoms with E-state index in [9.17, 15) is 14.3 Å². The number of aliphatic hydroxyl groups is 1. The van der Waals surface area contributed by atoms with Crippen molar-refractivity contribution in [3.63, 3.8) is 0 Å². The number of hydrogen-bond donors (Lipinski definition) is 3. The van der Waals surface area contributed by atoms with Crippen molar-refractivity contribution in [1.29, 1.82) is 0 Å². The molecule has 2 atom stereocenters. The van der Waals surface area contributed by atoms with E-state index in [1.165, 1.54) is 12.1 Å². The van der Waals surface area contributed by atoms with Gasteiger partial charge in [0, 0.05) is 19.1 Å². The quantitative estimate of drug-likeness (QED) is 0.678. The van der Waals surface area contributed by atoms with Crippen LogP contribution in [0, 0.1) is 5.82 Å². The van der Waals surface area contributed by atoms with Crippen LogP contribution in [0.5, 0.6) is 0 Å². The lowest BCUT2D eigenvalue weighted by Gasteiger charge is -2.24. The van der Waals surface area contributed by atoms with Gasteiger partial charge in [-0.1, -0.05) is 24.6 Å². The molecule has 1 aromatic carbocycles. The van der Waals surface area contributed by atoms with E-state index in [0.717, 1.165) is 13.0 Å². The monoisotopic (exact) mass is 345 g/mol. The van der Waals surface area contributed by atoms with E-state index < -0.39 is 17.9 Å². The maximum Gasteiger partial charge on any atom is 0.315 e. The van der Waals surface area contributed by atoms with Crippen LogP contribution in [0.3, 0.4) is 0 Å². The van der Waals surface area contributed by atoms with Crippen molar-refractivity contribution in [2.75, 3.05) is 26.7 Å². The second-order valence-corrected chi connectivity index (χ2v) is 5.95. The summed E-state index contributed by atoms with van der Waals surface area (Å²) in [5, 5.41) is 14.8. The summed E-state index contributed by atoms with van der Waals surface area (Å²) in [6.07, 6.45) is 1.04. The predicted molar refractivity (Wildman–Crippen MR) is 90.2 cm³/mol. The first-order valence-electron chi connectivity index (χ1n) is 7.69. The van der Waals surface area contributed by atoms with E-state index in [-0.39, 0.29) is 11.6 Å². The Kier molecular flexibility index (Phi) is 8.30. The summed E-state index contributed by atoms with van der Waals surface area (Å²) in [5.41, 5.74) is 0.460. The summed E-state index contributed by atoms with van der Waals surface area (Å²) >= 11 is 5.63. The number of carbonyl (C=O) groups excluding carboxylic acids is 1. The summed E-state index contributed by atoms with van der Waals surface area (Å²) < 4.78 is 13.5. The van der Waals surface area contributed by atoms with Crippen LogP contribution < -0.4 is 10.6 Å². The molecule has 0 spiro atoms. The summed E-state index contributed by atoms with van der Waals surface area (Å²) in [4.78, 5) is 14.0. The molecule has 130 valence electrons.